The van der Waals surface area contributed by atoms with Crippen molar-refractivity contribution < 1.29 is 14.0 Å². The van der Waals surface area contributed by atoms with Gasteiger partial charge in [-0.05, 0) is 62.4 Å². The number of aromatic nitrogens is 3. The summed E-state index contributed by atoms with van der Waals surface area (Å²) >= 11 is 0. The summed E-state index contributed by atoms with van der Waals surface area (Å²) in [6, 6.07) is 11.2. The van der Waals surface area contributed by atoms with Gasteiger partial charge >= 0.3 is 0 Å². The number of rotatable bonds is 4. The van der Waals surface area contributed by atoms with Gasteiger partial charge in [0.15, 0.2) is 5.78 Å². The molecule has 40 heavy (non-hydrogen) atoms. The number of nitrogens with two attached hydrogens (primary N) is 1. The van der Waals surface area contributed by atoms with Crippen LogP contribution in [0.1, 0.15) is 46.5 Å². The predicted molar refractivity (Wildman–Crippen MR) is 155 cm³/mol. The number of Topliss-reactive ketones (excluding diaryl/α,β-unsaturated/α-hetero) is 1. The van der Waals surface area contributed by atoms with Crippen LogP contribution >= 0.6 is 0 Å². The number of carbonyl (C=O) groups excluding carboxylic acids is 2. The molecule has 3 aliphatic heterocycles. The monoisotopic (exact) mass is 542 g/mol. The molecule has 3 atom stereocenters. The van der Waals surface area contributed by atoms with Gasteiger partial charge in [0.05, 0.1) is 17.5 Å². The summed E-state index contributed by atoms with van der Waals surface area (Å²) in [5, 5.41) is 7.48. The van der Waals surface area contributed by atoms with Crippen LogP contribution in [0.5, 0.6) is 0 Å². The van der Waals surface area contributed by atoms with Crippen LogP contribution in [0, 0.1) is 24.6 Å². The average molecular weight is 543 g/mol. The van der Waals surface area contributed by atoms with E-state index in [2.05, 4.69) is 40.1 Å². The fourth-order valence-corrected chi connectivity index (χ4v) is 5.69. The Morgan fingerprint density at radius 3 is 2.27 bits per heavy atom. The number of benzene rings is 1. The van der Waals surface area contributed by atoms with Crippen LogP contribution in [0.2, 0.25) is 0 Å². The number of fused-ring (bicyclic) bond motifs is 3. The molecule has 1 amide bonds. The number of amides is 1. The van der Waals surface area contributed by atoms with Crippen LogP contribution in [0.15, 0.2) is 54.4 Å². The highest BCUT2D eigenvalue weighted by Crippen LogP contribution is 2.41. The van der Waals surface area contributed by atoms with Gasteiger partial charge < -0.3 is 16.0 Å². The number of halogens is 1. The van der Waals surface area contributed by atoms with Crippen LogP contribution in [0.3, 0.4) is 0 Å². The minimum Gasteiger partial charge on any atom is -0.383 e. The van der Waals surface area contributed by atoms with Crippen molar-refractivity contribution in [3.05, 3.63) is 60.2 Å². The molecule has 1 aliphatic carbocycles. The Morgan fingerprint density at radius 1 is 1.05 bits per heavy atom. The smallest absolute Gasteiger partial charge is 0.222 e. The fourth-order valence-electron chi connectivity index (χ4n) is 5.69. The maximum absolute atomic E-state index is 13.1. The first kappa shape index (κ1) is 28.6. The van der Waals surface area contributed by atoms with Crippen molar-refractivity contribution in [3.63, 3.8) is 0 Å². The molecule has 9 heteroatoms. The first-order chi connectivity index (χ1) is 19.3. The lowest BCUT2D eigenvalue weighted by molar-refractivity contribution is -0.151. The Balaban J connectivity index is 0.000000220. The molecule has 4 aliphatic rings. The minimum absolute atomic E-state index is 0.0805. The Morgan fingerprint density at radius 2 is 1.70 bits per heavy atom. The second-order valence-electron chi connectivity index (χ2n) is 10.3. The van der Waals surface area contributed by atoms with Crippen molar-refractivity contribution in [2.45, 2.75) is 58.5 Å². The zero-order chi connectivity index (χ0) is 29.0. The largest absolute Gasteiger partial charge is 0.383 e. The lowest BCUT2D eigenvalue weighted by Gasteiger charge is -2.55. The van der Waals surface area contributed by atoms with Crippen molar-refractivity contribution >= 4 is 23.3 Å². The van der Waals surface area contributed by atoms with E-state index >= 15 is 0 Å². The highest BCUT2D eigenvalue weighted by atomic mass is 19.1. The molecule has 2 saturated heterocycles. The van der Waals surface area contributed by atoms with E-state index in [1.54, 1.807) is 24.5 Å². The molecular formula is C31H35FN6O2. The van der Waals surface area contributed by atoms with Gasteiger partial charge in [0.1, 0.15) is 17.5 Å². The molecule has 1 aromatic carbocycles. The number of hydrogen-bond donors (Lipinski definition) is 2. The maximum Gasteiger partial charge on any atom is 0.222 e. The van der Waals surface area contributed by atoms with E-state index in [0.29, 0.717) is 42.4 Å². The van der Waals surface area contributed by atoms with Crippen molar-refractivity contribution in [3.8, 4) is 35.2 Å². The second-order valence-corrected chi connectivity index (χ2v) is 10.3. The second kappa shape index (κ2) is 12.2. The van der Waals surface area contributed by atoms with Crippen molar-refractivity contribution in [2.24, 2.45) is 11.7 Å². The van der Waals surface area contributed by atoms with Gasteiger partial charge in [-0.2, -0.15) is 5.10 Å². The quantitative estimate of drug-likeness (QED) is 0.453. The Bertz CT molecular complexity index is 1410. The number of anilines is 1. The maximum atomic E-state index is 13.1. The SMILES string of the molecule is C#C.CC(=O)C1=C(N)n2ncc(-c3ccc(-c4ccc(F)cc4)nc3)c2NC1.CCC(=O)N1[C@@H]2CC(C)C[C@H]1C2. The number of pyridine rings is 1. The minimum atomic E-state index is -0.279. The zero-order valence-electron chi connectivity index (χ0n) is 23.1. The van der Waals surface area contributed by atoms with Crippen LogP contribution in [0.4, 0.5) is 10.2 Å². The number of ketones is 1. The summed E-state index contributed by atoms with van der Waals surface area (Å²) in [5.74, 6) is 1.91. The van der Waals surface area contributed by atoms with Gasteiger partial charge in [0, 0.05) is 47.9 Å². The van der Waals surface area contributed by atoms with Gasteiger partial charge in [-0.1, -0.05) is 19.9 Å². The van der Waals surface area contributed by atoms with E-state index < -0.39 is 0 Å². The van der Waals surface area contributed by atoms with Gasteiger partial charge in [0.2, 0.25) is 5.91 Å². The molecule has 7 rings (SSSR count). The number of nitrogens with zero attached hydrogens (tertiary/aromatic N) is 4. The van der Waals surface area contributed by atoms with Crippen molar-refractivity contribution in [1.82, 2.24) is 19.7 Å². The third-order valence-electron chi connectivity index (χ3n) is 7.65. The Labute approximate surface area is 234 Å². The van der Waals surface area contributed by atoms with Gasteiger partial charge in [-0.15, -0.1) is 12.8 Å². The summed E-state index contributed by atoms with van der Waals surface area (Å²) in [4.78, 5) is 29.7. The normalized spacial score (nSPS) is 20.4. The van der Waals surface area contributed by atoms with Crippen LogP contribution in [-0.4, -0.2) is 50.0 Å². The number of carbonyl (C=O) groups is 2. The standard InChI is InChI=1S/C19H16FN5O.C10H17NO.C2H2/c1-11(26)15-9-23-19-16(10-24-25(19)18(15)21)13-4-7-17(22-8-13)12-2-5-14(20)6-3-12;1-3-10(12)11-8-4-7(2)5-9(11)6-8;1-2/h2-8,10,23H,9,21H2,1H3;7-9H,3-6H2,1-2H3;1-2H/t;7?,8-,9+;. The molecule has 0 radical (unpaired) electrons. The van der Waals surface area contributed by atoms with E-state index in [9.17, 15) is 14.0 Å². The van der Waals surface area contributed by atoms with Crippen LogP contribution < -0.4 is 11.1 Å². The fraction of sp³-hybridized carbons (Fsp3) is 0.355. The van der Waals surface area contributed by atoms with E-state index in [1.165, 1.54) is 43.0 Å². The van der Waals surface area contributed by atoms with Crippen LogP contribution in [0.25, 0.3) is 28.2 Å². The van der Waals surface area contributed by atoms with Gasteiger partial charge in [-0.3, -0.25) is 14.6 Å². The molecule has 3 aromatic rings. The molecule has 1 saturated carbocycles. The molecule has 8 nitrogen and oxygen atoms in total. The van der Waals surface area contributed by atoms with Gasteiger partial charge in [-0.25, -0.2) is 9.07 Å². The number of nitrogens with one attached hydrogen (secondary N) is 1. The molecule has 2 aromatic heterocycles. The zero-order valence-corrected chi connectivity index (χ0v) is 23.1. The number of hydrogen-bond acceptors (Lipinski definition) is 6. The Hall–Kier alpha value is -4.45. The average Bonchev–Trinajstić information content (AvgIpc) is 3.40. The van der Waals surface area contributed by atoms with E-state index in [1.807, 2.05) is 19.1 Å². The number of terminal acetylenes is 1. The Kier molecular flexibility index (Phi) is 8.68. The molecule has 2 bridgehead atoms. The first-order valence-electron chi connectivity index (χ1n) is 13.5. The van der Waals surface area contributed by atoms with Gasteiger partial charge in [0.25, 0.3) is 0 Å². The number of piperidine rings is 1. The highest BCUT2D eigenvalue weighted by Gasteiger charge is 2.45. The summed E-state index contributed by atoms with van der Waals surface area (Å²) < 4.78 is 14.6. The molecular weight excluding hydrogens is 507 g/mol. The lowest BCUT2D eigenvalue weighted by Crippen LogP contribution is -2.62. The molecule has 208 valence electrons. The van der Waals surface area contributed by atoms with E-state index in [0.717, 1.165) is 34.1 Å². The summed E-state index contributed by atoms with van der Waals surface area (Å²) in [5.41, 5.74) is 9.88. The van der Waals surface area contributed by atoms with Crippen molar-refractivity contribution in [1.29, 1.82) is 0 Å². The molecule has 3 N–H and O–H groups in total. The van der Waals surface area contributed by atoms with Crippen molar-refractivity contribution in [2.75, 3.05) is 11.9 Å². The van der Waals surface area contributed by atoms with E-state index in [-0.39, 0.29) is 11.6 Å². The third kappa shape index (κ3) is 5.62. The predicted octanol–water partition coefficient (Wildman–Crippen LogP) is 4.94. The molecule has 1 unspecified atom stereocenters. The van der Waals surface area contributed by atoms with E-state index in [4.69, 9.17) is 5.73 Å². The molecule has 0 spiro atoms. The first-order valence-corrected chi connectivity index (χ1v) is 13.5. The molecule has 5 heterocycles. The van der Waals surface area contributed by atoms with Crippen LogP contribution in [-0.2, 0) is 9.59 Å². The lowest BCUT2D eigenvalue weighted by atomic mass is 9.74. The summed E-state index contributed by atoms with van der Waals surface area (Å²) in [6.07, 6.45) is 15.9. The molecule has 3 fully saturated rings. The summed E-state index contributed by atoms with van der Waals surface area (Å²) in [6.45, 7) is 6.10. The highest BCUT2D eigenvalue weighted by molar-refractivity contribution is 6.00. The third-order valence-corrected chi connectivity index (χ3v) is 7.65. The summed E-state index contributed by atoms with van der Waals surface area (Å²) in [7, 11) is 0. The topological polar surface area (TPSA) is 106 Å².